The van der Waals surface area contributed by atoms with Crippen LogP contribution in [-0.4, -0.2) is 65.7 Å². The van der Waals surface area contributed by atoms with Crippen LogP contribution in [0.4, 0.5) is 5.69 Å². The van der Waals surface area contributed by atoms with E-state index in [0.29, 0.717) is 11.8 Å². The Labute approximate surface area is 189 Å². The average molecular weight is 437 g/mol. The van der Waals surface area contributed by atoms with Crippen molar-refractivity contribution in [3.8, 4) is 0 Å². The van der Waals surface area contributed by atoms with Crippen molar-refractivity contribution in [3.05, 3.63) is 64.7 Å². The van der Waals surface area contributed by atoms with Crippen molar-refractivity contribution >= 4 is 29.0 Å². The van der Waals surface area contributed by atoms with Crippen molar-refractivity contribution in [1.29, 1.82) is 0 Å². The lowest BCUT2D eigenvalue weighted by molar-refractivity contribution is -0.134. The minimum Gasteiger partial charge on any atom is -0.348 e. The number of carbonyl (C=O) groups is 1. The van der Waals surface area contributed by atoms with E-state index in [1.54, 1.807) is 0 Å². The Morgan fingerprint density at radius 2 is 1.77 bits per heavy atom. The maximum atomic E-state index is 12.3. The molecule has 0 radical (unpaired) electrons. The third-order valence-electron chi connectivity index (χ3n) is 6.68. The largest absolute Gasteiger partial charge is 0.348 e. The van der Waals surface area contributed by atoms with E-state index in [2.05, 4.69) is 58.0 Å². The zero-order chi connectivity index (χ0) is 21.4. The van der Waals surface area contributed by atoms with E-state index in [9.17, 15) is 4.79 Å². The number of benzene rings is 2. The number of amides is 1. The number of carbonyl (C=O) groups excluding carboxylic acids is 1. The fourth-order valence-electron chi connectivity index (χ4n) is 4.75. The number of rotatable bonds is 5. The van der Waals surface area contributed by atoms with Crippen molar-refractivity contribution in [2.45, 2.75) is 25.8 Å². The molecule has 5 nitrogen and oxygen atoms in total. The molecule has 2 aliphatic heterocycles. The molecule has 6 heteroatoms. The molecule has 0 N–H and O–H groups in total. The quantitative estimate of drug-likeness (QED) is 0.699. The van der Waals surface area contributed by atoms with Crippen molar-refractivity contribution in [1.82, 2.24) is 14.7 Å². The monoisotopic (exact) mass is 436 g/mol. The average Bonchev–Trinajstić information content (AvgIpc) is 3.64. The molecular formula is C25H29ClN4O. The van der Waals surface area contributed by atoms with Crippen molar-refractivity contribution < 1.29 is 4.79 Å². The predicted molar refractivity (Wildman–Crippen MR) is 125 cm³/mol. The van der Waals surface area contributed by atoms with Gasteiger partial charge in [-0.3, -0.25) is 9.69 Å². The molecule has 5 rings (SSSR count). The summed E-state index contributed by atoms with van der Waals surface area (Å²) >= 11 is 6.37. The van der Waals surface area contributed by atoms with Gasteiger partial charge >= 0.3 is 0 Å². The second kappa shape index (κ2) is 8.64. The van der Waals surface area contributed by atoms with Crippen LogP contribution >= 0.6 is 11.6 Å². The van der Waals surface area contributed by atoms with Crippen LogP contribution in [0.2, 0.25) is 5.02 Å². The highest BCUT2D eigenvalue weighted by Gasteiger charge is 2.35. The van der Waals surface area contributed by atoms with Crippen LogP contribution in [0.25, 0.3) is 0 Å². The molecule has 1 saturated heterocycles. The third kappa shape index (κ3) is 4.35. The zero-order valence-electron chi connectivity index (χ0n) is 18.0. The van der Waals surface area contributed by atoms with Gasteiger partial charge in [0.15, 0.2) is 0 Å². The van der Waals surface area contributed by atoms with Gasteiger partial charge in [0.25, 0.3) is 0 Å². The molecule has 1 atom stereocenters. The number of piperazine rings is 1. The molecule has 0 aromatic heterocycles. The van der Waals surface area contributed by atoms with Crippen molar-refractivity contribution in [2.24, 2.45) is 10.9 Å². The number of nitrogens with zero attached hydrogens (tertiary/aromatic N) is 4. The molecule has 2 aromatic carbocycles. The van der Waals surface area contributed by atoms with Gasteiger partial charge in [0.1, 0.15) is 5.84 Å². The topological polar surface area (TPSA) is 39.1 Å². The number of fused-ring (bicyclic) bond motifs is 1. The first kappa shape index (κ1) is 20.5. The molecule has 1 amide bonds. The van der Waals surface area contributed by atoms with Gasteiger partial charge in [-0.25, -0.2) is 4.99 Å². The minimum absolute atomic E-state index is 0.102. The first-order valence-corrected chi connectivity index (χ1v) is 11.7. The summed E-state index contributed by atoms with van der Waals surface area (Å²) in [4.78, 5) is 24.1. The first-order valence-electron chi connectivity index (χ1n) is 11.3. The van der Waals surface area contributed by atoms with E-state index in [0.717, 1.165) is 74.2 Å². The molecule has 1 unspecified atom stereocenters. The fourth-order valence-corrected chi connectivity index (χ4v) is 4.94. The van der Waals surface area contributed by atoms with Crippen LogP contribution < -0.4 is 0 Å². The van der Waals surface area contributed by atoms with E-state index >= 15 is 0 Å². The van der Waals surface area contributed by atoms with Gasteiger partial charge in [0, 0.05) is 55.8 Å². The zero-order valence-corrected chi connectivity index (χ0v) is 18.8. The van der Waals surface area contributed by atoms with E-state index in [1.165, 1.54) is 5.56 Å². The summed E-state index contributed by atoms with van der Waals surface area (Å²) in [5.74, 6) is 1.72. The van der Waals surface area contributed by atoms with Crippen LogP contribution in [-0.2, 0) is 4.79 Å². The summed E-state index contributed by atoms with van der Waals surface area (Å²) in [6.07, 6.45) is 2.16. The molecule has 31 heavy (non-hydrogen) atoms. The summed E-state index contributed by atoms with van der Waals surface area (Å²) in [5, 5.41) is 0.742. The molecule has 2 heterocycles. The lowest BCUT2D eigenvalue weighted by atomic mass is 9.94. The lowest BCUT2D eigenvalue weighted by Gasteiger charge is -2.40. The van der Waals surface area contributed by atoms with E-state index in [-0.39, 0.29) is 6.04 Å². The Hall–Kier alpha value is -2.37. The summed E-state index contributed by atoms with van der Waals surface area (Å²) in [5.41, 5.74) is 3.41. The SMILES string of the molecule is CC1=Nc2ccc(Cl)cc2C(c2ccccc2)N1CCN1CCN(C(=O)C2CC2)CC1. The van der Waals surface area contributed by atoms with Gasteiger partial charge in [0.05, 0.1) is 11.7 Å². The van der Waals surface area contributed by atoms with Gasteiger partial charge in [0.2, 0.25) is 5.91 Å². The van der Waals surface area contributed by atoms with Crippen molar-refractivity contribution in [3.63, 3.8) is 0 Å². The highest BCUT2D eigenvalue weighted by molar-refractivity contribution is 6.30. The summed E-state index contributed by atoms with van der Waals surface area (Å²) in [7, 11) is 0. The minimum atomic E-state index is 0.102. The summed E-state index contributed by atoms with van der Waals surface area (Å²) < 4.78 is 0. The van der Waals surface area contributed by atoms with E-state index in [4.69, 9.17) is 16.6 Å². The highest BCUT2D eigenvalue weighted by Crippen LogP contribution is 2.40. The first-order chi connectivity index (χ1) is 15.1. The number of amidine groups is 1. The third-order valence-corrected chi connectivity index (χ3v) is 6.91. The van der Waals surface area contributed by atoms with Gasteiger partial charge < -0.3 is 9.80 Å². The normalized spacial score (nSPS) is 21.6. The number of hydrogen-bond donors (Lipinski definition) is 0. The molecule has 2 fully saturated rings. The predicted octanol–water partition coefficient (Wildman–Crippen LogP) is 4.35. The lowest BCUT2D eigenvalue weighted by Crippen LogP contribution is -2.51. The highest BCUT2D eigenvalue weighted by atomic mass is 35.5. The van der Waals surface area contributed by atoms with Gasteiger partial charge in [-0.2, -0.15) is 0 Å². The summed E-state index contributed by atoms with van der Waals surface area (Å²) in [6.45, 7) is 7.53. The molecule has 2 aromatic rings. The van der Waals surface area contributed by atoms with Crippen molar-refractivity contribution in [2.75, 3.05) is 39.3 Å². The molecule has 0 bridgehead atoms. The van der Waals surface area contributed by atoms with Crippen LogP contribution in [0.15, 0.2) is 53.5 Å². The molecule has 3 aliphatic rings. The molecule has 0 spiro atoms. The summed E-state index contributed by atoms with van der Waals surface area (Å²) in [6, 6.07) is 16.7. The Kier molecular flexibility index (Phi) is 5.72. The Morgan fingerprint density at radius 3 is 2.48 bits per heavy atom. The second-order valence-electron chi connectivity index (χ2n) is 8.81. The Bertz CT molecular complexity index is 980. The number of halogens is 1. The van der Waals surface area contributed by atoms with Crippen LogP contribution in [0.5, 0.6) is 0 Å². The van der Waals surface area contributed by atoms with Gasteiger partial charge in [-0.1, -0.05) is 41.9 Å². The smallest absolute Gasteiger partial charge is 0.225 e. The van der Waals surface area contributed by atoms with Gasteiger partial charge in [-0.05, 0) is 43.5 Å². The standard InChI is InChI=1S/C25H29ClN4O/c1-18-27-23-10-9-21(26)17-22(23)24(19-5-3-2-4-6-19)30(18)16-13-28-11-14-29(15-12-28)25(31)20-7-8-20/h2-6,9-10,17,20,24H,7-8,11-16H2,1H3. The van der Waals surface area contributed by atoms with Crippen LogP contribution in [0.3, 0.4) is 0 Å². The Morgan fingerprint density at radius 1 is 1.03 bits per heavy atom. The van der Waals surface area contributed by atoms with Crippen LogP contribution in [0, 0.1) is 5.92 Å². The van der Waals surface area contributed by atoms with E-state index < -0.39 is 0 Å². The Balaban J connectivity index is 1.31. The van der Waals surface area contributed by atoms with Gasteiger partial charge in [-0.15, -0.1) is 0 Å². The molecule has 162 valence electrons. The number of aliphatic imine (C=N–C) groups is 1. The number of hydrogen-bond acceptors (Lipinski definition) is 4. The van der Waals surface area contributed by atoms with E-state index in [1.807, 2.05) is 12.1 Å². The molecular weight excluding hydrogens is 408 g/mol. The maximum Gasteiger partial charge on any atom is 0.225 e. The second-order valence-corrected chi connectivity index (χ2v) is 9.25. The molecule has 1 saturated carbocycles. The van der Waals surface area contributed by atoms with Crippen LogP contribution in [0.1, 0.15) is 36.9 Å². The maximum absolute atomic E-state index is 12.3. The fraction of sp³-hybridized carbons (Fsp3) is 0.440. The molecule has 1 aliphatic carbocycles.